The Morgan fingerprint density at radius 2 is 2.26 bits per heavy atom. The molecule has 0 unspecified atom stereocenters. The predicted octanol–water partition coefficient (Wildman–Crippen LogP) is 1.70. The van der Waals surface area contributed by atoms with Crippen molar-refractivity contribution < 1.29 is 12.8 Å². The molecule has 1 aromatic rings. The van der Waals surface area contributed by atoms with Gasteiger partial charge in [-0.1, -0.05) is 0 Å². The molecule has 19 heavy (non-hydrogen) atoms. The Balaban J connectivity index is 1.86. The molecule has 1 fully saturated rings. The van der Waals surface area contributed by atoms with Gasteiger partial charge in [0.25, 0.3) is 0 Å². The molecule has 0 amide bonds. The first-order valence-electron chi connectivity index (χ1n) is 6.68. The van der Waals surface area contributed by atoms with E-state index in [4.69, 9.17) is 4.42 Å². The summed E-state index contributed by atoms with van der Waals surface area (Å²) in [7, 11) is 0.0825. The van der Waals surface area contributed by atoms with Crippen LogP contribution in [0.25, 0.3) is 0 Å². The Labute approximate surface area is 115 Å². The van der Waals surface area contributed by atoms with Crippen molar-refractivity contribution in [3.8, 4) is 0 Å². The van der Waals surface area contributed by atoms with Gasteiger partial charge in [-0.05, 0) is 44.5 Å². The first-order chi connectivity index (χ1) is 9.00. The number of rotatable bonds is 6. The fraction of sp³-hybridized carbons (Fsp3) is 0.692. The molecule has 0 bridgehead atoms. The molecule has 2 heterocycles. The van der Waals surface area contributed by atoms with Crippen LogP contribution in [0.5, 0.6) is 0 Å². The van der Waals surface area contributed by atoms with Gasteiger partial charge in [-0.2, -0.15) is 0 Å². The van der Waals surface area contributed by atoms with E-state index < -0.39 is 10.0 Å². The third-order valence-corrected chi connectivity index (χ3v) is 5.56. The van der Waals surface area contributed by atoms with Crippen LogP contribution in [0.15, 0.2) is 22.8 Å². The minimum Gasteiger partial charge on any atom is -0.468 e. The smallest absolute Gasteiger partial charge is 0.213 e. The molecule has 1 aliphatic heterocycles. The average molecular weight is 286 g/mol. The normalized spacial score (nSPS) is 21.3. The van der Waals surface area contributed by atoms with Gasteiger partial charge in [0.05, 0.1) is 18.1 Å². The van der Waals surface area contributed by atoms with Crippen LogP contribution in [0, 0.1) is 0 Å². The lowest BCUT2D eigenvalue weighted by Gasteiger charge is -2.23. The number of sulfonamides is 1. The fourth-order valence-corrected chi connectivity index (χ4v) is 3.39. The Bertz CT molecular complexity index is 482. The van der Waals surface area contributed by atoms with Crippen molar-refractivity contribution in [3.05, 3.63) is 24.2 Å². The highest BCUT2D eigenvalue weighted by Crippen LogP contribution is 2.31. The fourth-order valence-electron chi connectivity index (χ4n) is 2.53. The van der Waals surface area contributed by atoms with Gasteiger partial charge in [-0.25, -0.2) is 12.7 Å². The van der Waals surface area contributed by atoms with Gasteiger partial charge >= 0.3 is 0 Å². The molecule has 1 atom stereocenters. The van der Waals surface area contributed by atoms with Crippen LogP contribution in [0.1, 0.15) is 31.1 Å². The minimum absolute atomic E-state index is 0.210. The van der Waals surface area contributed by atoms with Crippen LogP contribution in [0.3, 0.4) is 0 Å². The molecule has 5 nitrogen and oxygen atoms in total. The van der Waals surface area contributed by atoms with Gasteiger partial charge in [0.1, 0.15) is 5.76 Å². The van der Waals surface area contributed by atoms with Crippen LogP contribution in [0.4, 0.5) is 0 Å². The maximum absolute atomic E-state index is 11.7. The first kappa shape index (κ1) is 14.6. The van der Waals surface area contributed by atoms with E-state index in [9.17, 15) is 8.42 Å². The second-order valence-electron chi connectivity index (χ2n) is 5.16. The molecule has 0 spiro atoms. The average Bonchev–Trinajstić information content (AvgIpc) is 2.97. The molecule has 0 aromatic carbocycles. The molecule has 1 saturated heterocycles. The van der Waals surface area contributed by atoms with Crippen molar-refractivity contribution in [2.75, 3.05) is 32.9 Å². The number of nitrogens with zero attached hydrogens (tertiary/aromatic N) is 2. The van der Waals surface area contributed by atoms with Crippen molar-refractivity contribution in [1.29, 1.82) is 0 Å². The van der Waals surface area contributed by atoms with E-state index in [0.717, 1.165) is 31.7 Å². The molecule has 0 aliphatic carbocycles. The van der Waals surface area contributed by atoms with Crippen molar-refractivity contribution in [2.24, 2.45) is 0 Å². The van der Waals surface area contributed by atoms with E-state index >= 15 is 0 Å². The van der Waals surface area contributed by atoms with Gasteiger partial charge in [-0.3, -0.25) is 4.90 Å². The zero-order valence-corrected chi connectivity index (χ0v) is 12.4. The SMILES string of the molecule is CN(C)S(=O)(=O)CCCN1CCC[C@@H]1c1ccco1. The Morgan fingerprint density at radius 1 is 1.47 bits per heavy atom. The molecular weight excluding hydrogens is 264 g/mol. The van der Waals surface area contributed by atoms with E-state index in [1.807, 2.05) is 12.1 Å². The highest BCUT2D eigenvalue weighted by Gasteiger charge is 2.27. The Kier molecular flexibility index (Phi) is 4.65. The first-order valence-corrected chi connectivity index (χ1v) is 8.29. The number of furan rings is 1. The molecule has 0 saturated carbocycles. The second-order valence-corrected chi connectivity index (χ2v) is 7.46. The summed E-state index contributed by atoms with van der Waals surface area (Å²) in [6, 6.07) is 4.22. The van der Waals surface area contributed by atoms with Crippen molar-refractivity contribution in [3.63, 3.8) is 0 Å². The second kappa shape index (κ2) is 6.07. The van der Waals surface area contributed by atoms with E-state index in [1.54, 1.807) is 20.4 Å². The van der Waals surface area contributed by atoms with Crippen molar-refractivity contribution in [1.82, 2.24) is 9.21 Å². The van der Waals surface area contributed by atoms with Gasteiger partial charge in [0.2, 0.25) is 10.0 Å². The lowest BCUT2D eigenvalue weighted by Crippen LogP contribution is -2.29. The Hall–Kier alpha value is -0.850. The molecule has 108 valence electrons. The van der Waals surface area contributed by atoms with Crippen LogP contribution in [0.2, 0.25) is 0 Å². The summed E-state index contributed by atoms with van der Waals surface area (Å²) in [6.07, 6.45) is 4.60. The van der Waals surface area contributed by atoms with Gasteiger partial charge < -0.3 is 4.42 Å². The zero-order valence-electron chi connectivity index (χ0n) is 11.6. The lowest BCUT2D eigenvalue weighted by atomic mass is 10.1. The van der Waals surface area contributed by atoms with Gasteiger partial charge in [0.15, 0.2) is 0 Å². The standard InChI is InChI=1S/C13H22N2O3S/c1-14(2)19(16,17)11-5-9-15-8-3-6-12(15)13-7-4-10-18-13/h4,7,10,12H,3,5-6,8-9,11H2,1-2H3/t12-/m1/s1. The number of likely N-dealkylation sites (tertiary alicyclic amines) is 1. The quantitative estimate of drug-likeness (QED) is 0.798. The van der Waals surface area contributed by atoms with E-state index in [0.29, 0.717) is 12.5 Å². The number of hydrogen-bond donors (Lipinski definition) is 0. The summed E-state index contributed by atoms with van der Waals surface area (Å²) >= 11 is 0. The summed E-state index contributed by atoms with van der Waals surface area (Å²) in [5.74, 6) is 1.20. The minimum atomic E-state index is -3.08. The number of hydrogen-bond acceptors (Lipinski definition) is 4. The van der Waals surface area contributed by atoms with Crippen molar-refractivity contribution >= 4 is 10.0 Å². The monoisotopic (exact) mass is 286 g/mol. The van der Waals surface area contributed by atoms with Crippen LogP contribution >= 0.6 is 0 Å². The lowest BCUT2D eigenvalue weighted by molar-refractivity contribution is 0.229. The maximum atomic E-state index is 11.7. The topological polar surface area (TPSA) is 53.8 Å². The molecule has 0 N–H and O–H groups in total. The highest BCUT2D eigenvalue weighted by atomic mass is 32.2. The van der Waals surface area contributed by atoms with Crippen LogP contribution in [-0.4, -0.2) is 50.6 Å². The van der Waals surface area contributed by atoms with Crippen molar-refractivity contribution in [2.45, 2.75) is 25.3 Å². The molecule has 1 aliphatic rings. The predicted molar refractivity (Wildman–Crippen MR) is 74.3 cm³/mol. The Morgan fingerprint density at radius 3 is 2.89 bits per heavy atom. The summed E-state index contributed by atoms with van der Waals surface area (Å²) < 4.78 is 30.2. The third kappa shape index (κ3) is 3.58. The van der Waals surface area contributed by atoms with E-state index in [-0.39, 0.29) is 5.75 Å². The summed E-state index contributed by atoms with van der Waals surface area (Å²) in [4.78, 5) is 2.32. The largest absolute Gasteiger partial charge is 0.468 e. The summed E-state index contributed by atoms with van der Waals surface area (Å²) in [5, 5.41) is 0. The third-order valence-electron chi connectivity index (χ3n) is 3.64. The molecule has 2 rings (SSSR count). The van der Waals surface area contributed by atoms with Gasteiger partial charge in [-0.15, -0.1) is 0 Å². The van der Waals surface area contributed by atoms with E-state index in [1.165, 1.54) is 4.31 Å². The highest BCUT2D eigenvalue weighted by molar-refractivity contribution is 7.89. The van der Waals surface area contributed by atoms with Gasteiger partial charge in [0, 0.05) is 14.1 Å². The maximum Gasteiger partial charge on any atom is 0.213 e. The van der Waals surface area contributed by atoms with E-state index in [2.05, 4.69) is 4.90 Å². The molecule has 1 aromatic heterocycles. The van der Waals surface area contributed by atoms with Crippen LogP contribution < -0.4 is 0 Å². The molecular formula is C13H22N2O3S. The summed E-state index contributed by atoms with van der Waals surface area (Å²) in [5.41, 5.74) is 0. The summed E-state index contributed by atoms with van der Waals surface area (Å²) in [6.45, 7) is 1.83. The molecule has 6 heteroatoms. The molecule has 0 radical (unpaired) electrons. The van der Waals surface area contributed by atoms with Crippen LogP contribution in [-0.2, 0) is 10.0 Å². The zero-order chi connectivity index (χ0) is 13.9.